The Hall–Kier alpha value is -3.55. The fourth-order valence-electron chi connectivity index (χ4n) is 2.58. The molecule has 0 aromatic heterocycles. The van der Waals surface area contributed by atoms with Gasteiger partial charge in [0.15, 0.2) is 0 Å². The Balaban J connectivity index is 3.44. The van der Waals surface area contributed by atoms with Crippen molar-refractivity contribution in [1.82, 2.24) is 0 Å². The first-order valence-corrected chi connectivity index (χ1v) is 8.08. The van der Waals surface area contributed by atoms with Crippen LogP contribution in [0, 0.1) is 6.92 Å². The number of nitrogens with two attached hydrogens (primary N) is 3. The highest BCUT2D eigenvalue weighted by Gasteiger charge is 2.19. The molecular formula is C19H23N3O5. The number of carbonyl (C=O) groups is 3. The van der Waals surface area contributed by atoms with Crippen LogP contribution in [-0.2, 0) is 33.6 Å². The second-order valence-corrected chi connectivity index (χ2v) is 5.78. The predicted octanol–water partition coefficient (Wildman–Crippen LogP) is 0.158. The molecule has 0 saturated carbocycles. The van der Waals surface area contributed by atoms with Crippen molar-refractivity contribution in [3.63, 3.8) is 0 Å². The molecule has 8 heteroatoms. The van der Waals surface area contributed by atoms with E-state index in [4.69, 9.17) is 17.2 Å². The van der Waals surface area contributed by atoms with Crippen LogP contribution in [0.1, 0.15) is 22.3 Å². The molecule has 8 N–H and O–H groups in total. The van der Waals surface area contributed by atoms with Crippen molar-refractivity contribution in [2.45, 2.75) is 26.2 Å². The molecular weight excluding hydrogens is 350 g/mol. The van der Waals surface area contributed by atoms with Gasteiger partial charge in [-0.25, -0.2) is 0 Å². The first-order chi connectivity index (χ1) is 12.6. The Morgan fingerprint density at radius 3 is 1.41 bits per heavy atom. The van der Waals surface area contributed by atoms with Crippen molar-refractivity contribution in [2.24, 2.45) is 17.2 Å². The number of allylic oxidation sites excluding steroid dienone is 3. The number of carbonyl (C=O) groups excluding carboxylic acids is 3. The molecule has 0 saturated heterocycles. The summed E-state index contributed by atoms with van der Waals surface area (Å²) in [7, 11) is 0. The average molecular weight is 373 g/mol. The molecule has 0 radical (unpaired) electrons. The number of primary amides is 3. The fraction of sp³-hybridized carbons (Fsp3) is 0.211. The molecule has 3 amide bonds. The summed E-state index contributed by atoms with van der Waals surface area (Å²) in [4.78, 5) is 32.6. The normalized spacial score (nSPS) is 11.6. The molecule has 1 aromatic carbocycles. The smallest absolute Gasteiger partial charge is 0.241 e. The van der Waals surface area contributed by atoms with E-state index in [0.29, 0.717) is 22.3 Å². The van der Waals surface area contributed by atoms with Crippen LogP contribution in [0.25, 0.3) is 0 Å². The number of benzene rings is 1. The number of rotatable bonds is 9. The molecule has 1 rings (SSSR count). The summed E-state index contributed by atoms with van der Waals surface area (Å²) in [6.45, 7) is 1.62. The van der Waals surface area contributed by atoms with E-state index in [1.165, 1.54) is 18.2 Å². The number of phenolic OH excluding ortho intramolecular Hbond substituents is 2. The number of hydrogen-bond acceptors (Lipinski definition) is 5. The molecule has 0 spiro atoms. The monoisotopic (exact) mass is 373 g/mol. The SMILES string of the molecule is Cc1c(O)c(CC=CC(N)=O)c(CC=CC(N)=O)c(O)c1CC=CC(N)=O. The molecule has 0 bridgehead atoms. The second kappa shape index (κ2) is 9.81. The van der Waals surface area contributed by atoms with Gasteiger partial charge in [-0.1, -0.05) is 18.2 Å². The molecule has 27 heavy (non-hydrogen) atoms. The average Bonchev–Trinajstić information content (AvgIpc) is 2.56. The summed E-state index contributed by atoms with van der Waals surface area (Å²) >= 11 is 0. The number of amides is 3. The van der Waals surface area contributed by atoms with E-state index in [1.54, 1.807) is 6.92 Å². The lowest BCUT2D eigenvalue weighted by Gasteiger charge is -2.18. The van der Waals surface area contributed by atoms with Crippen LogP contribution in [0.3, 0.4) is 0 Å². The van der Waals surface area contributed by atoms with Crippen LogP contribution in [0.5, 0.6) is 11.5 Å². The van der Waals surface area contributed by atoms with Gasteiger partial charge in [0.1, 0.15) is 11.5 Å². The van der Waals surface area contributed by atoms with Gasteiger partial charge in [-0.15, -0.1) is 0 Å². The van der Waals surface area contributed by atoms with Gasteiger partial charge in [0.25, 0.3) is 0 Å². The van der Waals surface area contributed by atoms with E-state index in [9.17, 15) is 24.6 Å². The minimum Gasteiger partial charge on any atom is -0.507 e. The van der Waals surface area contributed by atoms with Crippen LogP contribution in [-0.4, -0.2) is 27.9 Å². The first kappa shape index (κ1) is 21.5. The lowest BCUT2D eigenvalue weighted by molar-refractivity contribution is -0.114. The zero-order valence-electron chi connectivity index (χ0n) is 14.9. The highest BCUT2D eigenvalue weighted by Crippen LogP contribution is 2.38. The molecule has 0 aliphatic heterocycles. The Kier molecular flexibility index (Phi) is 7.81. The van der Waals surface area contributed by atoms with Gasteiger partial charge in [0, 0.05) is 16.7 Å². The topological polar surface area (TPSA) is 170 Å². The first-order valence-electron chi connectivity index (χ1n) is 8.08. The molecule has 0 atom stereocenters. The molecule has 0 fully saturated rings. The number of aromatic hydroxyl groups is 2. The van der Waals surface area contributed by atoms with Crippen molar-refractivity contribution in [3.05, 3.63) is 58.7 Å². The van der Waals surface area contributed by atoms with Crippen LogP contribution < -0.4 is 17.2 Å². The Labute approximate surface area is 156 Å². The van der Waals surface area contributed by atoms with E-state index >= 15 is 0 Å². The summed E-state index contributed by atoms with van der Waals surface area (Å²) in [5.41, 5.74) is 16.8. The Morgan fingerprint density at radius 2 is 1.04 bits per heavy atom. The minimum atomic E-state index is -0.648. The summed E-state index contributed by atoms with van der Waals surface area (Å²) in [5.74, 6) is -2.07. The highest BCUT2D eigenvalue weighted by atomic mass is 16.3. The zero-order valence-corrected chi connectivity index (χ0v) is 14.9. The third-order valence-electron chi connectivity index (χ3n) is 3.84. The maximum Gasteiger partial charge on any atom is 0.241 e. The minimum absolute atomic E-state index is 0.0631. The fourth-order valence-corrected chi connectivity index (χ4v) is 2.58. The third kappa shape index (κ3) is 6.35. The van der Waals surface area contributed by atoms with Gasteiger partial charge in [-0.2, -0.15) is 0 Å². The molecule has 0 heterocycles. The van der Waals surface area contributed by atoms with E-state index in [1.807, 2.05) is 0 Å². The van der Waals surface area contributed by atoms with Crippen molar-refractivity contribution in [1.29, 1.82) is 0 Å². The summed E-state index contributed by atoms with van der Waals surface area (Å²) in [6, 6.07) is 0. The van der Waals surface area contributed by atoms with Crippen molar-refractivity contribution in [3.8, 4) is 11.5 Å². The molecule has 0 unspecified atom stereocenters. The maximum absolute atomic E-state index is 10.9. The highest BCUT2D eigenvalue weighted by molar-refractivity contribution is 5.86. The quantitative estimate of drug-likeness (QED) is 0.306. The predicted molar refractivity (Wildman–Crippen MR) is 101 cm³/mol. The third-order valence-corrected chi connectivity index (χ3v) is 3.84. The van der Waals surface area contributed by atoms with Crippen molar-refractivity contribution in [2.75, 3.05) is 0 Å². The van der Waals surface area contributed by atoms with Gasteiger partial charge < -0.3 is 27.4 Å². The lowest BCUT2D eigenvalue weighted by atomic mass is 9.90. The Morgan fingerprint density at radius 1 is 0.704 bits per heavy atom. The summed E-state index contributed by atoms with van der Waals surface area (Å²) in [5, 5.41) is 21.3. The van der Waals surface area contributed by atoms with E-state index in [2.05, 4.69) is 0 Å². The standard InChI is InChI=1S/C19H23N3O5/c1-11-12(5-2-8-15(20)23)19(27)14(7-4-10-17(22)25)13(18(11)26)6-3-9-16(21)24/h2-4,8-10,26-27H,5-7H2,1H3,(H2,20,23)(H2,21,24)(H2,22,25). The van der Waals surface area contributed by atoms with Gasteiger partial charge in [-0.05, 0) is 50.0 Å². The molecule has 8 nitrogen and oxygen atoms in total. The van der Waals surface area contributed by atoms with Crippen LogP contribution in [0.15, 0.2) is 36.5 Å². The molecule has 144 valence electrons. The largest absolute Gasteiger partial charge is 0.507 e. The van der Waals surface area contributed by atoms with Crippen LogP contribution in [0.2, 0.25) is 0 Å². The van der Waals surface area contributed by atoms with Crippen molar-refractivity contribution >= 4 is 17.7 Å². The lowest BCUT2D eigenvalue weighted by Crippen LogP contribution is -2.07. The maximum atomic E-state index is 10.9. The summed E-state index contributed by atoms with van der Waals surface area (Å²) < 4.78 is 0. The molecule has 0 aliphatic carbocycles. The summed E-state index contributed by atoms with van der Waals surface area (Å²) in [6.07, 6.45) is 8.27. The van der Waals surface area contributed by atoms with E-state index in [0.717, 1.165) is 18.2 Å². The van der Waals surface area contributed by atoms with Crippen molar-refractivity contribution < 1.29 is 24.6 Å². The van der Waals surface area contributed by atoms with E-state index in [-0.39, 0.29) is 30.8 Å². The molecule has 1 aromatic rings. The van der Waals surface area contributed by atoms with Gasteiger partial charge in [-0.3, -0.25) is 14.4 Å². The number of phenols is 2. The molecule has 0 aliphatic rings. The van der Waals surface area contributed by atoms with Gasteiger partial charge in [0.05, 0.1) is 0 Å². The zero-order chi connectivity index (χ0) is 20.6. The second-order valence-electron chi connectivity index (χ2n) is 5.78. The van der Waals surface area contributed by atoms with Crippen LogP contribution in [0.4, 0.5) is 0 Å². The number of hydrogen-bond donors (Lipinski definition) is 5. The van der Waals surface area contributed by atoms with E-state index < -0.39 is 17.7 Å². The van der Waals surface area contributed by atoms with Gasteiger partial charge in [0.2, 0.25) is 17.7 Å². The van der Waals surface area contributed by atoms with Gasteiger partial charge >= 0.3 is 0 Å². The van der Waals surface area contributed by atoms with Crippen LogP contribution >= 0.6 is 0 Å². The Bertz CT molecular complexity index is 838.